The van der Waals surface area contributed by atoms with Gasteiger partial charge in [0.15, 0.2) is 0 Å². The first-order valence-electron chi connectivity index (χ1n) is 15.7. The first-order chi connectivity index (χ1) is 20.0. The van der Waals surface area contributed by atoms with Crippen molar-refractivity contribution in [3.63, 3.8) is 0 Å². The molecule has 2 heterocycles. The van der Waals surface area contributed by atoms with Gasteiger partial charge in [0.25, 0.3) is 0 Å². The summed E-state index contributed by atoms with van der Waals surface area (Å²) in [5.41, 5.74) is -2.09. The van der Waals surface area contributed by atoms with Gasteiger partial charge >= 0.3 is 11.9 Å². The fourth-order valence-corrected chi connectivity index (χ4v) is 7.32. The number of carboxylic acids is 1. The van der Waals surface area contributed by atoms with Crippen molar-refractivity contribution in [1.29, 1.82) is 0 Å². The lowest BCUT2D eigenvalue weighted by Gasteiger charge is -2.40. The monoisotopic (exact) mass is 621 g/mol. The molecule has 0 spiro atoms. The number of amides is 4. The summed E-state index contributed by atoms with van der Waals surface area (Å²) in [4.78, 5) is 84.1. The minimum Gasteiger partial charge on any atom is -0.481 e. The van der Waals surface area contributed by atoms with Crippen LogP contribution in [0.15, 0.2) is 0 Å². The van der Waals surface area contributed by atoms with Crippen LogP contribution in [0, 0.1) is 51.8 Å². The van der Waals surface area contributed by atoms with Crippen LogP contribution in [0.25, 0.3) is 0 Å². The van der Waals surface area contributed by atoms with E-state index in [2.05, 4.69) is 0 Å². The smallest absolute Gasteiger partial charge is 0.309 e. The molecule has 6 unspecified atom stereocenters. The van der Waals surface area contributed by atoms with Gasteiger partial charge in [0.05, 0.1) is 42.1 Å². The van der Waals surface area contributed by atoms with Crippen molar-refractivity contribution < 1.29 is 38.6 Å². The molecular weight excluding hydrogens is 566 g/mol. The molecule has 11 heteroatoms. The highest BCUT2D eigenvalue weighted by atomic mass is 16.5. The molecule has 44 heavy (non-hydrogen) atoms. The Balaban J connectivity index is 2.50. The maximum Gasteiger partial charge on any atom is 0.309 e. The number of likely N-dealkylation sites (N-methyl/N-ethyl adjacent to an activating group) is 1. The molecule has 0 saturated carbocycles. The first kappa shape index (κ1) is 37.4. The van der Waals surface area contributed by atoms with Gasteiger partial charge in [-0.2, -0.15) is 0 Å². The molecule has 6 atom stereocenters. The summed E-state index contributed by atoms with van der Waals surface area (Å²) in [7, 11) is 5.18. The first-order valence-corrected chi connectivity index (χ1v) is 15.7. The number of imide groups is 2. The van der Waals surface area contributed by atoms with E-state index in [9.17, 15) is 33.9 Å². The van der Waals surface area contributed by atoms with Crippen molar-refractivity contribution in [2.75, 3.05) is 40.8 Å². The number of carboxylic acid groups (broad SMARTS) is 1. The van der Waals surface area contributed by atoms with Gasteiger partial charge < -0.3 is 14.7 Å². The van der Waals surface area contributed by atoms with Gasteiger partial charge in [-0.05, 0) is 56.5 Å². The predicted octanol–water partition coefficient (Wildman–Crippen LogP) is 3.55. The van der Waals surface area contributed by atoms with Gasteiger partial charge in [-0.15, -0.1) is 0 Å². The molecule has 1 N–H and O–H groups in total. The number of likely N-dealkylation sites (tertiary alicyclic amines) is 2. The fourth-order valence-electron chi connectivity index (χ4n) is 7.32. The standard InChI is InChI=1S/C33H55N3O8/c1-13-44-30(43)19(2)20(29(41)42)17-32(6,7)23-22(25(37)35(12)27(23)39)18-33(8,9)24-21(16-31(3,4)5)26(38)36(28(24)40)15-14-34(10)11/h19-24H,13-18H2,1-12H3,(H,41,42). The Labute approximate surface area is 263 Å². The van der Waals surface area contributed by atoms with E-state index in [-0.39, 0.29) is 49.1 Å². The van der Waals surface area contributed by atoms with E-state index >= 15 is 0 Å². The molecule has 2 saturated heterocycles. The molecule has 11 nitrogen and oxygen atoms in total. The molecule has 0 aromatic carbocycles. The highest BCUT2D eigenvalue weighted by Gasteiger charge is 2.59. The number of hydrogen-bond donors (Lipinski definition) is 1. The number of aliphatic carboxylic acids is 1. The van der Waals surface area contributed by atoms with Crippen molar-refractivity contribution in [1.82, 2.24) is 14.7 Å². The highest BCUT2D eigenvalue weighted by Crippen LogP contribution is 2.52. The van der Waals surface area contributed by atoms with E-state index in [1.165, 1.54) is 18.9 Å². The van der Waals surface area contributed by atoms with E-state index in [1.807, 2.05) is 53.6 Å². The molecule has 2 rings (SSSR count). The van der Waals surface area contributed by atoms with Crippen molar-refractivity contribution in [3.05, 3.63) is 0 Å². The Bertz CT molecular complexity index is 1140. The van der Waals surface area contributed by atoms with E-state index in [0.717, 1.165) is 4.90 Å². The van der Waals surface area contributed by atoms with Gasteiger partial charge in [0.2, 0.25) is 23.6 Å². The molecule has 0 radical (unpaired) electrons. The largest absolute Gasteiger partial charge is 0.481 e. The third kappa shape index (κ3) is 8.06. The summed E-state index contributed by atoms with van der Waals surface area (Å²) < 4.78 is 5.08. The number of rotatable bonds is 14. The van der Waals surface area contributed by atoms with E-state index < -0.39 is 64.2 Å². The van der Waals surface area contributed by atoms with Crippen LogP contribution in [-0.4, -0.2) is 96.2 Å². The molecule has 0 aromatic heterocycles. The number of carbonyl (C=O) groups is 6. The number of esters is 1. The van der Waals surface area contributed by atoms with E-state index in [1.54, 1.807) is 20.8 Å². The van der Waals surface area contributed by atoms with E-state index in [0.29, 0.717) is 13.0 Å². The number of ether oxygens (including phenoxy) is 1. The Hall–Kier alpha value is -2.82. The number of nitrogens with zero attached hydrogens (tertiary/aromatic N) is 3. The lowest BCUT2D eigenvalue weighted by atomic mass is 9.61. The van der Waals surface area contributed by atoms with Gasteiger partial charge in [0.1, 0.15) is 0 Å². The van der Waals surface area contributed by atoms with Crippen LogP contribution < -0.4 is 0 Å². The highest BCUT2D eigenvalue weighted by molar-refractivity contribution is 6.06. The van der Waals surface area contributed by atoms with Crippen LogP contribution in [0.1, 0.15) is 81.6 Å². The topological polar surface area (TPSA) is 142 Å². The van der Waals surface area contributed by atoms with Gasteiger partial charge in [0, 0.05) is 20.1 Å². The molecule has 2 aliphatic heterocycles. The second-order valence-electron chi connectivity index (χ2n) is 15.7. The van der Waals surface area contributed by atoms with Crippen LogP contribution in [0.2, 0.25) is 0 Å². The normalized spacial score (nSPS) is 24.8. The predicted molar refractivity (Wildman–Crippen MR) is 165 cm³/mol. The van der Waals surface area contributed by atoms with Crippen LogP contribution >= 0.6 is 0 Å². The molecule has 0 aliphatic carbocycles. The molecule has 4 amide bonds. The summed E-state index contributed by atoms with van der Waals surface area (Å²) in [5.74, 6) is -8.15. The zero-order valence-electron chi connectivity index (χ0n) is 28.9. The zero-order chi connectivity index (χ0) is 34.1. The summed E-state index contributed by atoms with van der Waals surface area (Å²) in [6, 6.07) is 0. The average molecular weight is 622 g/mol. The SMILES string of the molecule is CCOC(=O)C(C)C(CC(C)(C)C1C(=O)N(C)C(=O)C1CC(C)(C)C1C(=O)N(CCN(C)C)C(=O)C1CC(C)(C)C)C(=O)O. The number of carbonyl (C=O) groups excluding carboxylic acids is 5. The van der Waals surface area contributed by atoms with Gasteiger partial charge in [-0.25, -0.2) is 0 Å². The summed E-state index contributed by atoms with van der Waals surface area (Å²) in [5, 5.41) is 10.1. The molecule has 0 bridgehead atoms. The van der Waals surface area contributed by atoms with Crippen molar-refractivity contribution in [2.45, 2.75) is 81.6 Å². The second kappa shape index (κ2) is 13.7. The van der Waals surface area contributed by atoms with Crippen LogP contribution in [0.5, 0.6) is 0 Å². The van der Waals surface area contributed by atoms with Crippen LogP contribution in [0.4, 0.5) is 0 Å². The van der Waals surface area contributed by atoms with Crippen molar-refractivity contribution in [2.24, 2.45) is 51.8 Å². The molecule has 0 aromatic rings. The number of hydrogen-bond acceptors (Lipinski definition) is 8. The maximum atomic E-state index is 14.0. The van der Waals surface area contributed by atoms with E-state index in [4.69, 9.17) is 4.74 Å². The Morgan fingerprint density at radius 1 is 0.864 bits per heavy atom. The zero-order valence-corrected chi connectivity index (χ0v) is 28.9. The van der Waals surface area contributed by atoms with Crippen molar-refractivity contribution in [3.8, 4) is 0 Å². The summed E-state index contributed by atoms with van der Waals surface area (Å²) >= 11 is 0. The maximum absolute atomic E-state index is 14.0. The van der Waals surface area contributed by atoms with Gasteiger partial charge in [-0.3, -0.25) is 38.6 Å². The lowest BCUT2D eigenvalue weighted by molar-refractivity contribution is -0.158. The molecular formula is C33H55N3O8. The second-order valence-corrected chi connectivity index (χ2v) is 15.7. The summed E-state index contributed by atoms with van der Waals surface area (Å²) in [6.45, 7) is 17.4. The minimum absolute atomic E-state index is 0.0391. The fraction of sp³-hybridized carbons (Fsp3) is 0.818. The minimum atomic E-state index is -1.18. The third-order valence-electron chi connectivity index (χ3n) is 9.52. The molecule has 2 aliphatic rings. The Morgan fingerprint density at radius 2 is 1.39 bits per heavy atom. The van der Waals surface area contributed by atoms with Crippen LogP contribution in [-0.2, 0) is 33.5 Å². The van der Waals surface area contributed by atoms with Crippen LogP contribution in [0.3, 0.4) is 0 Å². The average Bonchev–Trinajstić information content (AvgIpc) is 3.23. The van der Waals surface area contributed by atoms with Gasteiger partial charge in [-0.1, -0.05) is 55.4 Å². The molecule has 2 fully saturated rings. The van der Waals surface area contributed by atoms with Crippen molar-refractivity contribution >= 4 is 35.6 Å². The lowest BCUT2D eigenvalue weighted by Crippen LogP contribution is -2.43. The quantitative estimate of drug-likeness (QED) is 0.228. The Morgan fingerprint density at radius 3 is 1.86 bits per heavy atom. The Kier molecular flexibility index (Phi) is 11.6. The summed E-state index contributed by atoms with van der Waals surface area (Å²) in [6.07, 6.45) is 0.609. The molecule has 250 valence electrons. The third-order valence-corrected chi connectivity index (χ3v) is 9.52.